The maximum atomic E-state index is 13.9. The van der Waals surface area contributed by atoms with Crippen LogP contribution in [0.3, 0.4) is 0 Å². The summed E-state index contributed by atoms with van der Waals surface area (Å²) in [7, 11) is 2.02. The van der Waals surface area contributed by atoms with E-state index in [0.717, 1.165) is 28.6 Å². The third kappa shape index (κ3) is 3.65. The Morgan fingerprint density at radius 2 is 1.98 bits per heavy atom. The molecule has 3 N–H and O–H groups in total. The maximum absolute atomic E-state index is 13.9. The van der Waals surface area contributed by atoms with E-state index in [0.29, 0.717) is 25.9 Å². The van der Waals surface area contributed by atoms with Crippen LogP contribution in [0.4, 0.5) is 0 Å². The molecule has 42 heavy (non-hydrogen) atoms. The maximum Gasteiger partial charge on any atom is 0.277 e. The zero-order chi connectivity index (χ0) is 28.7. The highest BCUT2D eigenvalue weighted by atomic mass is 16.7. The molecular weight excluding hydrogens is 534 g/mol. The van der Waals surface area contributed by atoms with Crippen LogP contribution in [0.15, 0.2) is 60.8 Å². The summed E-state index contributed by atoms with van der Waals surface area (Å²) < 4.78 is 6.04. The van der Waals surface area contributed by atoms with Gasteiger partial charge in [-0.25, -0.2) is 0 Å². The summed E-state index contributed by atoms with van der Waals surface area (Å²) in [5, 5.41) is 15.9. The predicted molar refractivity (Wildman–Crippen MR) is 153 cm³/mol. The Hall–Kier alpha value is -3.99. The highest BCUT2D eigenvalue weighted by Crippen LogP contribution is 2.44. The van der Waals surface area contributed by atoms with E-state index in [9.17, 15) is 19.5 Å². The fourth-order valence-electron chi connectivity index (χ4n) is 7.86. The number of benzene rings is 2. The molecule has 5 aliphatic rings. The lowest BCUT2D eigenvalue weighted by Gasteiger charge is -2.48. The first-order chi connectivity index (χ1) is 20.3. The number of likely N-dealkylation sites (N-methyl/N-ethyl adjacent to an activating group) is 1. The van der Waals surface area contributed by atoms with Crippen molar-refractivity contribution in [3.05, 3.63) is 77.5 Å². The van der Waals surface area contributed by atoms with E-state index >= 15 is 0 Å². The monoisotopic (exact) mass is 567 g/mol. The minimum absolute atomic E-state index is 0.153. The average Bonchev–Trinajstić information content (AvgIpc) is 3.71. The summed E-state index contributed by atoms with van der Waals surface area (Å²) >= 11 is 0. The van der Waals surface area contributed by atoms with Crippen LogP contribution in [0, 0.1) is 5.92 Å². The number of ether oxygens (including phenoxy) is 1. The molecule has 4 aliphatic heterocycles. The Kier molecular flexibility index (Phi) is 5.66. The SMILES string of the molecule is CN1C[C@H](C(=O)N[C@@H]2O[C@@]3(O)[C@@H]4CCCN4C(=O)[C@H](Cc4ccccc4)N3C2=O)C=C2c3cccc4[nH]cc(c34)C[C@H]21. The molecule has 216 valence electrons. The molecule has 0 unspecified atom stereocenters. The van der Waals surface area contributed by atoms with E-state index < -0.39 is 36.0 Å². The normalized spacial score (nSPS) is 32.0. The number of aromatic amines is 1. The van der Waals surface area contributed by atoms with Gasteiger partial charge in [0.2, 0.25) is 18.0 Å². The van der Waals surface area contributed by atoms with Crippen LogP contribution >= 0.6 is 0 Å². The predicted octanol–water partition coefficient (Wildman–Crippen LogP) is 1.60. The number of aliphatic hydroxyl groups is 1. The van der Waals surface area contributed by atoms with Crippen molar-refractivity contribution in [1.29, 1.82) is 0 Å². The summed E-state index contributed by atoms with van der Waals surface area (Å²) in [5.41, 5.74) is 5.44. The van der Waals surface area contributed by atoms with Gasteiger partial charge in [-0.2, -0.15) is 0 Å². The number of nitrogens with zero attached hydrogens (tertiary/aromatic N) is 3. The molecule has 3 amide bonds. The summed E-state index contributed by atoms with van der Waals surface area (Å²) in [6.45, 7) is 0.981. The van der Waals surface area contributed by atoms with Gasteiger partial charge < -0.3 is 20.3 Å². The molecule has 0 saturated carbocycles. The van der Waals surface area contributed by atoms with Crippen LogP contribution in [0.1, 0.15) is 29.5 Å². The topological polar surface area (TPSA) is 118 Å². The smallest absolute Gasteiger partial charge is 0.277 e. The molecule has 5 heterocycles. The highest BCUT2D eigenvalue weighted by molar-refractivity contribution is 6.00. The Balaban J connectivity index is 1.08. The number of carbonyl (C=O) groups excluding carboxylic acids is 3. The highest BCUT2D eigenvalue weighted by Gasteiger charge is 2.66. The Morgan fingerprint density at radius 1 is 1.14 bits per heavy atom. The fraction of sp³-hybridized carbons (Fsp3) is 0.406. The molecule has 10 nitrogen and oxygen atoms in total. The van der Waals surface area contributed by atoms with Crippen molar-refractivity contribution in [2.45, 2.75) is 55.9 Å². The summed E-state index contributed by atoms with van der Waals surface area (Å²) in [6, 6.07) is 14.2. The lowest BCUT2D eigenvalue weighted by molar-refractivity contribution is -0.302. The number of aromatic nitrogens is 1. The van der Waals surface area contributed by atoms with Gasteiger partial charge >= 0.3 is 0 Å². The second kappa shape index (κ2) is 9.26. The van der Waals surface area contributed by atoms with Gasteiger partial charge in [-0.3, -0.25) is 28.9 Å². The number of amides is 3. The van der Waals surface area contributed by atoms with Crippen molar-refractivity contribution in [3.8, 4) is 0 Å². The lowest BCUT2D eigenvalue weighted by Crippen LogP contribution is -2.71. The quantitative estimate of drug-likeness (QED) is 0.441. The number of hydrogen-bond acceptors (Lipinski definition) is 6. The standard InChI is InChI=1S/C32H33N5O5/c1-35-17-20(14-22-21-9-5-10-23-27(21)19(16-33-23)15-24(22)35)28(38)34-29-31(40)37-25(13-18-7-3-2-4-8-18)30(39)36-12-6-11-26(36)32(37,41)42-29/h2-5,7-10,14,16,20,24-26,29,33,41H,6,11-13,15,17H2,1H3,(H,34,38)/t20-,24-,25+,26+,29-,32+/m1/s1. The average molecular weight is 568 g/mol. The van der Waals surface area contributed by atoms with Crippen LogP contribution in [-0.2, 0) is 32.0 Å². The zero-order valence-corrected chi connectivity index (χ0v) is 23.3. The summed E-state index contributed by atoms with van der Waals surface area (Å²) in [6.07, 6.45) is 5.02. The molecule has 3 fully saturated rings. The number of nitrogens with one attached hydrogen (secondary N) is 2. The van der Waals surface area contributed by atoms with Gasteiger partial charge in [0.15, 0.2) is 0 Å². The largest absolute Gasteiger partial charge is 0.361 e. The summed E-state index contributed by atoms with van der Waals surface area (Å²) in [4.78, 5) is 49.6. The number of piperazine rings is 1. The van der Waals surface area contributed by atoms with Crippen molar-refractivity contribution < 1.29 is 24.2 Å². The first kappa shape index (κ1) is 25.7. The lowest BCUT2D eigenvalue weighted by atomic mass is 9.80. The van der Waals surface area contributed by atoms with Crippen LogP contribution < -0.4 is 5.32 Å². The second-order valence-corrected chi connectivity index (χ2v) is 12.2. The molecule has 0 spiro atoms. The zero-order valence-electron chi connectivity index (χ0n) is 23.3. The summed E-state index contributed by atoms with van der Waals surface area (Å²) in [5.74, 6) is -3.67. The van der Waals surface area contributed by atoms with E-state index in [1.54, 1.807) is 4.90 Å². The Morgan fingerprint density at radius 3 is 2.81 bits per heavy atom. The molecule has 8 rings (SSSR count). The molecule has 1 aromatic heterocycles. The van der Waals surface area contributed by atoms with Crippen molar-refractivity contribution in [2.75, 3.05) is 20.1 Å². The van der Waals surface area contributed by atoms with E-state index in [1.165, 1.54) is 15.8 Å². The molecule has 0 bridgehead atoms. The molecule has 3 aromatic rings. The minimum atomic E-state index is -2.00. The number of H-pyrrole nitrogens is 1. The molecule has 1 aliphatic carbocycles. The van der Waals surface area contributed by atoms with Crippen LogP contribution in [-0.4, -0.2) is 92.9 Å². The van der Waals surface area contributed by atoms with Gasteiger partial charge in [0.25, 0.3) is 11.8 Å². The van der Waals surface area contributed by atoms with Crippen molar-refractivity contribution >= 4 is 34.2 Å². The van der Waals surface area contributed by atoms with Crippen molar-refractivity contribution in [1.82, 2.24) is 25.0 Å². The molecule has 10 heteroatoms. The molecule has 0 radical (unpaired) electrons. The van der Waals surface area contributed by atoms with E-state index in [2.05, 4.69) is 33.5 Å². The second-order valence-electron chi connectivity index (χ2n) is 12.2. The number of hydrogen-bond donors (Lipinski definition) is 3. The van der Waals surface area contributed by atoms with E-state index in [4.69, 9.17) is 4.74 Å². The van der Waals surface area contributed by atoms with Gasteiger partial charge in [0, 0.05) is 42.7 Å². The van der Waals surface area contributed by atoms with Gasteiger partial charge in [-0.15, -0.1) is 0 Å². The molecular formula is C32H33N5O5. The fourth-order valence-corrected chi connectivity index (χ4v) is 7.86. The van der Waals surface area contributed by atoms with Crippen molar-refractivity contribution in [3.63, 3.8) is 0 Å². The van der Waals surface area contributed by atoms with Crippen molar-refractivity contribution in [2.24, 2.45) is 5.92 Å². The minimum Gasteiger partial charge on any atom is -0.361 e. The molecule has 3 saturated heterocycles. The third-order valence-electron chi connectivity index (χ3n) is 9.82. The van der Waals surface area contributed by atoms with Crippen LogP contribution in [0.2, 0.25) is 0 Å². The number of fused-ring (bicyclic) bond motifs is 5. The van der Waals surface area contributed by atoms with Gasteiger partial charge in [-0.05, 0) is 54.6 Å². The van der Waals surface area contributed by atoms with E-state index in [1.807, 2.05) is 49.5 Å². The van der Waals surface area contributed by atoms with Crippen LogP contribution in [0.5, 0.6) is 0 Å². The van der Waals surface area contributed by atoms with Gasteiger partial charge in [-0.1, -0.05) is 48.5 Å². The Labute approximate surface area is 242 Å². The molecule has 2 aromatic carbocycles. The van der Waals surface area contributed by atoms with E-state index in [-0.39, 0.29) is 24.3 Å². The first-order valence-electron chi connectivity index (χ1n) is 14.7. The van der Waals surface area contributed by atoms with Crippen LogP contribution in [0.25, 0.3) is 16.5 Å². The Bertz CT molecular complexity index is 1650. The first-order valence-corrected chi connectivity index (χ1v) is 14.7. The number of rotatable bonds is 4. The van der Waals surface area contributed by atoms with Gasteiger partial charge in [0.05, 0.1) is 5.92 Å². The third-order valence-corrected chi connectivity index (χ3v) is 9.82. The number of carbonyl (C=O) groups is 3. The van der Waals surface area contributed by atoms with Gasteiger partial charge in [0.1, 0.15) is 12.1 Å². The molecule has 6 atom stereocenters.